The first-order valence-electron chi connectivity index (χ1n) is 9.40. The molecule has 0 saturated carbocycles. The number of carbonyl (C=O) groups excluding carboxylic acids is 1. The number of hydrogen-bond donors (Lipinski definition) is 0. The van der Waals surface area contributed by atoms with Gasteiger partial charge >= 0.3 is 5.97 Å². The minimum Gasteiger partial charge on any atom is -0.463 e. The van der Waals surface area contributed by atoms with E-state index in [1.54, 1.807) is 0 Å². The van der Waals surface area contributed by atoms with Crippen molar-refractivity contribution in [3.63, 3.8) is 0 Å². The molecule has 2 heteroatoms. The fourth-order valence-electron chi connectivity index (χ4n) is 2.64. The molecular formula is C19H38O2. The number of esters is 1. The molecule has 0 radical (unpaired) electrons. The van der Waals surface area contributed by atoms with Crippen LogP contribution < -0.4 is 0 Å². The van der Waals surface area contributed by atoms with Crippen molar-refractivity contribution in [2.75, 3.05) is 0 Å². The number of rotatable bonds is 15. The molecule has 1 atom stereocenters. The first kappa shape index (κ1) is 20.5. The SMILES string of the molecule is CCCCCCCCCCCCCCC(C)OC(=O)CC. The van der Waals surface area contributed by atoms with Crippen molar-refractivity contribution in [1.82, 2.24) is 0 Å². The third-order valence-corrected chi connectivity index (χ3v) is 4.09. The van der Waals surface area contributed by atoms with Gasteiger partial charge < -0.3 is 4.74 Å². The molecular weight excluding hydrogens is 260 g/mol. The first-order chi connectivity index (χ1) is 10.2. The molecule has 0 N–H and O–H groups in total. The van der Waals surface area contributed by atoms with Crippen LogP contribution in [0.25, 0.3) is 0 Å². The van der Waals surface area contributed by atoms with E-state index >= 15 is 0 Å². The third kappa shape index (κ3) is 15.7. The van der Waals surface area contributed by atoms with Gasteiger partial charge in [0.05, 0.1) is 6.10 Å². The molecule has 0 bridgehead atoms. The van der Waals surface area contributed by atoms with Crippen molar-refractivity contribution in [2.24, 2.45) is 0 Å². The smallest absolute Gasteiger partial charge is 0.305 e. The van der Waals surface area contributed by atoms with Crippen LogP contribution in [0.5, 0.6) is 0 Å². The van der Waals surface area contributed by atoms with Gasteiger partial charge in [0.15, 0.2) is 0 Å². The van der Waals surface area contributed by atoms with Gasteiger partial charge in [0.1, 0.15) is 0 Å². The standard InChI is InChI=1S/C19H38O2/c1-4-6-7-8-9-10-11-12-13-14-15-16-17-18(3)21-19(20)5-2/h18H,4-17H2,1-3H3. The number of unbranched alkanes of at least 4 members (excludes halogenated alkanes) is 11. The molecule has 0 rings (SSSR count). The van der Waals surface area contributed by atoms with Crippen LogP contribution in [0.4, 0.5) is 0 Å². The van der Waals surface area contributed by atoms with E-state index in [0.29, 0.717) is 6.42 Å². The van der Waals surface area contributed by atoms with Crippen molar-refractivity contribution in [3.05, 3.63) is 0 Å². The summed E-state index contributed by atoms with van der Waals surface area (Å²) in [6.45, 7) is 6.12. The molecule has 1 unspecified atom stereocenters. The number of ether oxygens (including phenoxy) is 1. The Hall–Kier alpha value is -0.530. The van der Waals surface area contributed by atoms with E-state index in [2.05, 4.69) is 6.92 Å². The van der Waals surface area contributed by atoms with E-state index < -0.39 is 0 Å². The van der Waals surface area contributed by atoms with Gasteiger partial charge in [-0.3, -0.25) is 4.79 Å². The van der Waals surface area contributed by atoms with E-state index in [1.807, 2.05) is 13.8 Å². The van der Waals surface area contributed by atoms with Crippen molar-refractivity contribution in [1.29, 1.82) is 0 Å². The summed E-state index contributed by atoms with van der Waals surface area (Å²) in [5.41, 5.74) is 0. The molecule has 0 aromatic rings. The topological polar surface area (TPSA) is 26.3 Å². The Bertz CT molecular complexity index is 226. The van der Waals surface area contributed by atoms with Crippen molar-refractivity contribution in [3.8, 4) is 0 Å². The Labute approximate surface area is 133 Å². The molecule has 0 saturated heterocycles. The summed E-state index contributed by atoms with van der Waals surface area (Å²) in [7, 11) is 0. The van der Waals surface area contributed by atoms with Crippen LogP contribution in [0.15, 0.2) is 0 Å². The van der Waals surface area contributed by atoms with Crippen LogP contribution in [0, 0.1) is 0 Å². The second-order valence-corrected chi connectivity index (χ2v) is 6.33. The summed E-state index contributed by atoms with van der Waals surface area (Å²) >= 11 is 0. The summed E-state index contributed by atoms with van der Waals surface area (Å²) in [5.74, 6) is -0.0681. The van der Waals surface area contributed by atoms with Crippen molar-refractivity contribution >= 4 is 5.97 Å². The summed E-state index contributed by atoms with van der Waals surface area (Å²) in [6.07, 6.45) is 18.1. The van der Waals surface area contributed by atoms with Crippen LogP contribution in [-0.2, 0) is 9.53 Å². The largest absolute Gasteiger partial charge is 0.463 e. The Morgan fingerprint density at radius 2 is 1.19 bits per heavy atom. The minimum absolute atomic E-state index is 0.0681. The van der Waals surface area contributed by atoms with Crippen molar-refractivity contribution < 1.29 is 9.53 Å². The van der Waals surface area contributed by atoms with Gasteiger partial charge in [0, 0.05) is 6.42 Å². The van der Waals surface area contributed by atoms with Gasteiger partial charge in [-0.25, -0.2) is 0 Å². The van der Waals surface area contributed by atoms with Gasteiger partial charge in [-0.05, 0) is 19.8 Å². The van der Waals surface area contributed by atoms with E-state index in [1.165, 1.54) is 77.0 Å². The molecule has 126 valence electrons. The zero-order chi connectivity index (χ0) is 15.8. The zero-order valence-corrected chi connectivity index (χ0v) is 14.8. The quantitative estimate of drug-likeness (QED) is 0.257. The molecule has 0 aliphatic heterocycles. The minimum atomic E-state index is -0.0681. The molecule has 0 aromatic heterocycles. The molecule has 0 amide bonds. The highest BCUT2D eigenvalue weighted by molar-refractivity contribution is 5.69. The number of carbonyl (C=O) groups is 1. The highest BCUT2D eigenvalue weighted by Gasteiger charge is 2.06. The second-order valence-electron chi connectivity index (χ2n) is 6.33. The van der Waals surface area contributed by atoms with Crippen LogP contribution in [0.2, 0.25) is 0 Å². The lowest BCUT2D eigenvalue weighted by molar-refractivity contribution is -0.148. The van der Waals surface area contributed by atoms with Crippen molar-refractivity contribution in [2.45, 2.75) is 117 Å². The van der Waals surface area contributed by atoms with Gasteiger partial charge in [0.25, 0.3) is 0 Å². The molecule has 21 heavy (non-hydrogen) atoms. The van der Waals surface area contributed by atoms with Crippen LogP contribution in [-0.4, -0.2) is 12.1 Å². The molecule has 0 spiro atoms. The molecule has 0 heterocycles. The van der Waals surface area contributed by atoms with Gasteiger partial charge in [-0.15, -0.1) is 0 Å². The Morgan fingerprint density at radius 3 is 1.62 bits per heavy atom. The molecule has 0 aliphatic rings. The predicted octanol–water partition coefficient (Wildman–Crippen LogP) is 6.42. The van der Waals surface area contributed by atoms with E-state index in [0.717, 1.165) is 6.42 Å². The monoisotopic (exact) mass is 298 g/mol. The maximum Gasteiger partial charge on any atom is 0.305 e. The first-order valence-corrected chi connectivity index (χ1v) is 9.40. The van der Waals surface area contributed by atoms with Gasteiger partial charge in [-0.1, -0.05) is 84.5 Å². The van der Waals surface area contributed by atoms with Crippen LogP contribution in [0.1, 0.15) is 111 Å². The zero-order valence-electron chi connectivity index (χ0n) is 14.8. The lowest BCUT2D eigenvalue weighted by atomic mass is 10.0. The fraction of sp³-hybridized carbons (Fsp3) is 0.947. The van der Waals surface area contributed by atoms with E-state index in [9.17, 15) is 4.79 Å². The lowest BCUT2D eigenvalue weighted by Gasteiger charge is -2.12. The van der Waals surface area contributed by atoms with E-state index in [-0.39, 0.29) is 12.1 Å². The third-order valence-electron chi connectivity index (χ3n) is 4.09. The van der Waals surface area contributed by atoms with Gasteiger partial charge in [0.2, 0.25) is 0 Å². The molecule has 2 nitrogen and oxygen atoms in total. The number of hydrogen-bond acceptors (Lipinski definition) is 2. The second kappa shape index (κ2) is 15.9. The average molecular weight is 299 g/mol. The highest BCUT2D eigenvalue weighted by Crippen LogP contribution is 2.13. The Balaban J connectivity index is 3.13. The molecule has 0 aliphatic carbocycles. The summed E-state index contributed by atoms with van der Waals surface area (Å²) in [5, 5.41) is 0. The fourth-order valence-corrected chi connectivity index (χ4v) is 2.64. The maximum atomic E-state index is 11.1. The summed E-state index contributed by atoms with van der Waals surface area (Å²) < 4.78 is 5.26. The van der Waals surface area contributed by atoms with Crippen LogP contribution >= 0.6 is 0 Å². The Morgan fingerprint density at radius 1 is 0.762 bits per heavy atom. The average Bonchev–Trinajstić information content (AvgIpc) is 2.48. The maximum absolute atomic E-state index is 11.1. The summed E-state index contributed by atoms with van der Waals surface area (Å²) in [4.78, 5) is 11.1. The van der Waals surface area contributed by atoms with Crippen LogP contribution in [0.3, 0.4) is 0 Å². The van der Waals surface area contributed by atoms with E-state index in [4.69, 9.17) is 4.74 Å². The highest BCUT2D eigenvalue weighted by atomic mass is 16.5. The molecule has 0 fully saturated rings. The predicted molar refractivity (Wildman–Crippen MR) is 91.5 cm³/mol. The lowest BCUT2D eigenvalue weighted by Crippen LogP contribution is -2.13. The Kier molecular flexibility index (Phi) is 15.5. The normalized spacial score (nSPS) is 12.3. The molecule has 0 aromatic carbocycles. The van der Waals surface area contributed by atoms with Gasteiger partial charge in [-0.2, -0.15) is 0 Å². The summed E-state index contributed by atoms with van der Waals surface area (Å²) in [6, 6.07) is 0.